The lowest BCUT2D eigenvalue weighted by molar-refractivity contribution is 0.325. The number of rotatable bonds is 2. The van der Waals surface area contributed by atoms with E-state index < -0.39 is 0 Å². The lowest BCUT2D eigenvalue weighted by atomic mass is 10.0. The number of hydrogen-bond donors (Lipinski definition) is 1. The van der Waals surface area contributed by atoms with Gasteiger partial charge in [-0.3, -0.25) is 4.98 Å². The molecule has 3 rings (SSSR count). The van der Waals surface area contributed by atoms with Crippen LogP contribution in [0.2, 0.25) is 0 Å². The first-order valence-corrected chi connectivity index (χ1v) is 6.34. The van der Waals surface area contributed by atoms with Crippen molar-refractivity contribution in [3.63, 3.8) is 0 Å². The summed E-state index contributed by atoms with van der Waals surface area (Å²) in [6.45, 7) is 6.23. The number of nitrogens with zero attached hydrogens (tertiary/aromatic N) is 4. The van der Waals surface area contributed by atoms with Crippen molar-refractivity contribution in [1.29, 1.82) is 0 Å². The summed E-state index contributed by atoms with van der Waals surface area (Å²) >= 11 is 0. The molecule has 2 aromatic rings. The quantitative estimate of drug-likeness (QED) is 0.871. The van der Waals surface area contributed by atoms with Crippen molar-refractivity contribution in [2.45, 2.75) is 26.4 Å². The van der Waals surface area contributed by atoms with E-state index in [1.165, 1.54) is 0 Å². The van der Waals surface area contributed by atoms with Crippen molar-refractivity contribution in [1.82, 2.24) is 25.1 Å². The fourth-order valence-electron chi connectivity index (χ4n) is 2.32. The summed E-state index contributed by atoms with van der Waals surface area (Å²) in [6.07, 6.45) is 3.57. The topological polar surface area (TPSA) is 55.6 Å². The second-order valence-electron chi connectivity index (χ2n) is 4.93. The molecule has 1 atom stereocenters. The highest BCUT2D eigenvalue weighted by molar-refractivity contribution is 5.52. The number of aromatic nitrogens is 4. The largest absolute Gasteiger partial charge is 0.305 e. The van der Waals surface area contributed by atoms with Crippen molar-refractivity contribution in [3.8, 4) is 11.4 Å². The summed E-state index contributed by atoms with van der Waals surface area (Å²) in [5.74, 6) is 2.32. The van der Waals surface area contributed by atoms with Gasteiger partial charge >= 0.3 is 0 Å². The highest BCUT2D eigenvalue weighted by Crippen LogP contribution is 2.25. The Labute approximate surface area is 106 Å². The van der Waals surface area contributed by atoms with Crippen LogP contribution in [0.5, 0.6) is 0 Å². The van der Waals surface area contributed by atoms with E-state index in [1.54, 1.807) is 12.4 Å². The van der Waals surface area contributed by atoms with E-state index in [2.05, 4.69) is 34.2 Å². The van der Waals surface area contributed by atoms with E-state index in [-0.39, 0.29) is 6.04 Å². The Morgan fingerprint density at radius 1 is 1.44 bits per heavy atom. The van der Waals surface area contributed by atoms with E-state index in [0.29, 0.717) is 5.92 Å². The zero-order valence-corrected chi connectivity index (χ0v) is 10.7. The predicted molar refractivity (Wildman–Crippen MR) is 68.8 cm³/mol. The van der Waals surface area contributed by atoms with Crippen LogP contribution in [0.1, 0.15) is 25.7 Å². The van der Waals surface area contributed by atoms with Crippen molar-refractivity contribution >= 4 is 0 Å². The van der Waals surface area contributed by atoms with Gasteiger partial charge in [-0.05, 0) is 18.1 Å². The molecule has 0 saturated carbocycles. The summed E-state index contributed by atoms with van der Waals surface area (Å²) in [4.78, 5) is 8.79. The Morgan fingerprint density at radius 2 is 2.33 bits per heavy atom. The average molecular weight is 243 g/mol. The van der Waals surface area contributed by atoms with Crippen LogP contribution in [0.15, 0.2) is 24.5 Å². The summed E-state index contributed by atoms with van der Waals surface area (Å²) in [6, 6.07) is 4.19. The molecule has 0 unspecified atom stereocenters. The highest BCUT2D eigenvalue weighted by atomic mass is 15.4. The summed E-state index contributed by atoms with van der Waals surface area (Å²) < 4.78 is 2.02. The van der Waals surface area contributed by atoms with Gasteiger partial charge in [0.05, 0.1) is 12.6 Å². The Hall–Kier alpha value is -1.75. The van der Waals surface area contributed by atoms with Crippen molar-refractivity contribution < 1.29 is 0 Å². The fourth-order valence-corrected chi connectivity index (χ4v) is 2.32. The summed E-state index contributed by atoms with van der Waals surface area (Å²) in [5.41, 5.74) is 0.974. The lowest BCUT2D eigenvalue weighted by Crippen LogP contribution is -2.36. The first-order valence-electron chi connectivity index (χ1n) is 6.34. The normalized spacial score (nSPS) is 18.9. The Kier molecular flexibility index (Phi) is 2.83. The Bertz CT molecular complexity index is 532. The van der Waals surface area contributed by atoms with E-state index in [4.69, 9.17) is 0 Å². The van der Waals surface area contributed by atoms with Gasteiger partial charge in [0.1, 0.15) is 5.82 Å². The second-order valence-corrected chi connectivity index (χ2v) is 4.93. The molecular formula is C13H17N5. The molecule has 5 heteroatoms. The van der Waals surface area contributed by atoms with Crippen LogP contribution in [-0.2, 0) is 6.54 Å². The lowest BCUT2D eigenvalue weighted by Gasteiger charge is -2.26. The predicted octanol–water partition coefficient (Wildman–Crippen LogP) is 1.64. The molecule has 0 saturated heterocycles. The maximum absolute atomic E-state index is 4.67. The van der Waals surface area contributed by atoms with Crippen molar-refractivity contribution in [2.24, 2.45) is 5.92 Å². The molecule has 18 heavy (non-hydrogen) atoms. The molecular weight excluding hydrogens is 226 g/mol. The third-order valence-electron chi connectivity index (χ3n) is 3.25. The van der Waals surface area contributed by atoms with Crippen LogP contribution in [0.25, 0.3) is 11.4 Å². The minimum Gasteiger partial charge on any atom is -0.305 e. The Morgan fingerprint density at radius 3 is 3.06 bits per heavy atom. The zero-order valence-electron chi connectivity index (χ0n) is 10.7. The molecule has 1 aliphatic heterocycles. The molecule has 94 valence electrons. The molecule has 0 aromatic carbocycles. The second kappa shape index (κ2) is 4.49. The first-order chi connectivity index (χ1) is 8.75. The molecule has 5 nitrogen and oxygen atoms in total. The van der Waals surface area contributed by atoms with E-state index in [9.17, 15) is 0 Å². The molecule has 2 aromatic heterocycles. The van der Waals surface area contributed by atoms with Gasteiger partial charge in [0.15, 0.2) is 5.82 Å². The minimum atomic E-state index is 0.289. The third-order valence-corrected chi connectivity index (χ3v) is 3.25. The molecule has 0 fully saturated rings. The van der Waals surface area contributed by atoms with Gasteiger partial charge in [0.25, 0.3) is 0 Å². The molecule has 0 aliphatic carbocycles. The summed E-state index contributed by atoms with van der Waals surface area (Å²) in [7, 11) is 0. The maximum atomic E-state index is 4.67. The van der Waals surface area contributed by atoms with Gasteiger partial charge < -0.3 is 5.32 Å². The zero-order chi connectivity index (χ0) is 12.5. The van der Waals surface area contributed by atoms with Gasteiger partial charge in [-0.25, -0.2) is 9.67 Å². The number of fused-ring (bicyclic) bond motifs is 1. The van der Waals surface area contributed by atoms with Gasteiger partial charge in [-0.2, -0.15) is 5.10 Å². The molecule has 1 N–H and O–H groups in total. The molecule has 0 bridgehead atoms. The van der Waals surface area contributed by atoms with Gasteiger partial charge in [-0.15, -0.1) is 0 Å². The van der Waals surface area contributed by atoms with E-state index >= 15 is 0 Å². The van der Waals surface area contributed by atoms with Gasteiger partial charge in [0, 0.05) is 24.5 Å². The first kappa shape index (κ1) is 11.3. The van der Waals surface area contributed by atoms with Gasteiger partial charge in [0.2, 0.25) is 0 Å². The average Bonchev–Trinajstić information content (AvgIpc) is 2.83. The molecule has 0 amide bonds. The van der Waals surface area contributed by atoms with Crippen LogP contribution in [-0.4, -0.2) is 26.3 Å². The van der Waals surface area contributed by atoms with Crippen molar-refractivity contribution in [3.05, 3.63) is 30.4 Å². The monoisotopic (exact) mass is 243 g/mol. The Balaban J connectivity index is 2.01. The number of pyridine rings is 1. The summed E-state index contributed by atoms with van der Waals surface area (Å²) in [5, 5.41) is 8.08. The highest BCUT2D eigenvalue weighted by Gasteiger charge is 2.26. The van der Waals surface area contributed by atoms with Crippen molar-refractivity contribution in [2.75, 3.05) is 6.54 Å². The number of hydrogen-bond acceptors (Lipinski definition) is 4. The van der Waals surface area contributed by atoms with E-state index in [1.807, 2.05) is 16.8 Å². The van der Waals surface area contributed by atoms with Crippen LogP contribution >= 0.6 is 0 Å². The van der Waals surface area contributed by atoms with Gasteiger partial charge in [-0.1, -0.05) is 13.8 Å². The molecule has 1 aliphatic rings. The standard InChI is InChI=1S/C13H17N5/c1-9(2)11-13-16-12(10-4-3-5-14-8-10)17-18(13)7-6-15-11/h3-5,8-9,11,15H,6-7H2,1-2H3/t11-/m1/s1. The van der Waals surface area contributed by atoms with Crippen LogP contribution in [0, 0.1) is 5.92 Å². The smallest absolute Gasteiger partial charge is 0.183 e. The molecule has 3 heterocycles. The third kappa shape index (κ3) is 1.90. The number of nitrogens with one attached hydrogen (secondary N) is 1. The molecule has 0 radical (unpaired) electrons. The van der Waals surface area contributed by atoms with E-state index in [0.717, 1.165) is 30.3 Å². The van der Waals surface area contributed by atoms with Crippen LogP contribution in [0.3, 0.4) is 0 Å². The maximum Gasteiger partial charge on any atom is 0.183 e. The van der Waals surface area contributed by atoms with Crippen LogP contribution < -0.4 is 5.32 Å². The van der Waals surface area contributed by atoms with Crippen LogP contribution in [0.4, 0.5) is 0 Å². The minimum absolute atomic E-state index is 0.289. The SMILES string of the molecule is CC(C)[C@H]1NCCn2nc(-c3cccnc3)nc21. The fraction of sp³-hybridized carbons (Fsp3) is 0.462. The molecule has 0 spiro atoms.